The third-order valence-electron chi connectivity index (χ3n) is 4.91. The van der Waals surface area contributed by atoms with Gasteiger partial charge in [0.1, 0.15) is 17.4 Å². The van der Waals surface area contributed by atoms with Crippen molar-refractivity contribution in [2.24, 2.45) is 0 Å². The van der Waals surface area contributed by atoms with E-state index in [4.69, 9.17) is 19.7 Å². The maximum atomic E-state index is 13.7. The predicted octanol–water partition coefficient (Wildman–Crippen LogP) is 3.03. The molecule has 3 aromatic rings. The minimum atomic E-state index is -3.60. The average Bonchev–Trinajstić information content (AvgIpc) is 3.19. The molecule has 0 saturated carbocycles. The minimum absolute atomic E-state index is 0.0923. The summed E-state index contributed by atoms with van der Waals surface area (Å²) in [6, 6.07) is 9.34. The van der Waals surface area contributed by atoms with Crippen molar-refractivity contribution < 1.29 is 23.4 Å². The molecule has 2 aromatic heterocycles. The smallest absolute Gasteiger partial charge is 0.326 e. The van der Waals surface area contributed by atoms with Crippen molar-refractivity contribution in [2.45, 2.75) is 46.4 Å². The molecule has 1 unspecified atom stereocenters. The van der Waals surface area contributed by atoms with Gasteiger partial charge in [-0.1, -0.05) is 30.3 Å². The molecule has 0 saturated heterocycles. The molecule has 3 rings (SSSR count). The number of nitrogen functional groups attached to an aromatic ring is 1. The number of nitrogens with one attached hydrogen (secondary N) is 1. The van der Waals surface area contributed by atoms with E-state index in [1.165, 1.54) is 0 Å². The third-order valence-corrected chi connectivity index (χ3v) is 6.88. The number of anilines is 1. The van der Waals surface area contributed by atoms with Crippen LogP contribution in [0.25, 0.3) is 11.2 Å². The van der Waals surface area contributed by atoms with Gasteiger partial charge in [0.05, 0.1) is 31.8 Å². The number of carbonyl (C=O) groups excluding carboxylic acids is 1. The van der Waals surface area contributed by atoms with Crippen LogP contribution < -0.4 is 10.8 Å². The Kier molecular flexibility index (Phi) is 8.37. The van der Waals surface area contributed by atoms with E-state index >= 15 is 0 Å². The van der Waals surface area contributed by atoms with Crippen molar-refractivity contribution in [2.75, 3.05) is 25.3 Å². The van der Waals surface area contributed by atoms with Gasteiger partial charge in [0.25, 0.3) is 7.52 Å². The molecule has 3 N–H and O–H groups in total. The lowest BCUT2D eigenvalue weighted by Gasteiger charge is -2.29. The Labute approximate surface area is 198 Å². The highest BCUT2D eigenvalue weighted by molar-refractivity contribution is 7.56. The average molecular weight is 491 g/mol. The third kappa shape index (κ3) is 6.60. The van der Waals surface area contributed by atoms with Crippen LogP contribution in [0.15, 0.2) is 36.7 Å². The summed E-state index contributed by atoms with van der Waals surface area (Å²) in [4.78, 5) is 25.0. The van der Waals surface area contributed by atoms with Crippen LogP contribution in [-0.2, 0) is 36.5 Å². The van der Waals surface area contributed by atoms with Crippen molar-refractivity contribution in [3.63, 3.8) is 0 Å². The number of carbonyl (C=O) groups is 1. The van der Waals surface area contributed by atoms with Crippen molar-refractivity contribution in [1.82, 2.24) is 24.6 Å². The number of hydrogen-bond acceptors (Lipinski definition) is 9. The summed E-state index contributed by atoms with van der Waals surface area (Å²) in [7, 11) is -3.60. The molecule has 12 heteroatoms. The van der Waals surface area contributed by atoms with E-state index in [0.29, 0.717) is 23.4 Å². The highest BCUT2D eigenvalue weighted by Crippen LogP contribution is 2.45. The Hall–Kier alpha value is -2.85. The lowest BCUT2D eigenvalue weighted by Crippen LogP contribution is -2.46. The molecule has 0 spiro atoms. The number of aromatic nitrogens is 4. The fourth-order valence-electron chi connectivity index (χ4n) is 3.26. The maximum absolute atomic E-state index is 13.7. The van der Waals surface area contributed by atoms with Gasteiger partial charge in [0, 0.05) is 6.54 Å². The second kappa shape index (κ2) is 11.1. The van der Waals surface area contributed by atoms with Crippen molar-refractivity contribution in [3.05, 3.63) is 47.9 Å². The van der Waals surface area contributed by atoms with E-state index < -0.39 is 19.0 Å². The van der Waals surface area contributed by atoms with E-state index in [9.17, 15) is 9.36 Å². The quantitative estimate of drug-likeness (QED) is 0.221. The molecule has 0 aliphatic heterocycles. The van der Waals surface area contributed by atoms with Crippen molar-refractivity contribution in [3.8, 4) is 0 Å². The summed E-state index contributed by atoms with van der Waals surface area (Å²) in [6.45, 7) is 7.60. The largest absolute Gasteiger partial charge is 0.465 e. The molecule has 1 atom stereocenters. The molecule has 0 aliphatic rings. The number of imidazole rings is 1. The van der Waals surface area contributed by atoms with Crippen LogP contribution in [0.2, 0.25) is 0 Å². The first kappa shape index (κ1) is 25.8. The summed E-state index contributed by atoms with van der Waals surface area (Å²) >= 11 is 0. The van der Waals surface area contributed by atoms with E-state index in [-0.39, 0.29) is 32.1 Å². The van der Waals surface area contributed by atoms with Crippen molar-refractivity contribution >= 4 is 30.6 Å². The fraction of sp³-hybridized carbons (Fsp3) is 0.455. The Morgan fingerprint density at radius 1 is 1.24 bits per heavy atom. The summed E-state index contributed by atoms with van der Waals surface area (Å²) in [5.41, 5.74) is 7.30. The minimum Gasteiger partial charge on any atom is -0.465 e. The zero-order valence-electron chi connectivity index (χ0n) is 19.9. The predicted molar refractivity (Wildman–Crippen MR) is 128 cm³/mol. The summed E-state index contributed by atoms with van der Waals surface area (Å²) in [5, 5.41) is 2.84. The Morgan fingerprint density at radius 3 is 2.68 bits per heavy atom. The van der Waals surface area contributed by atoms with Gasteiger partial charge in [0.2, 0.25) is 5.95 Å². The highest BCUT2D eigenvalue weighted by atomic mass is 31.2. The molecule has 34 heavy (non-hydrogen) atoms. The van der Waals surface area contributed by atoms with Gasteiger partial charge in [-0.15, -0.1) is 0 Å². The van der Waals surface area contributed by atoms with Crippen LogP contribution in [0.1, 0.15) is 32.0 Å². The Morgan fingerprint density at radius 2 is 1.97 bits per heavy atom. The number of esters is 1. The lowest BCUT2D eigenvalue weighted by molar-refractivity contribution is -0.149. The number of hydrogen-bond donors (Lipinski definition) is 2. The molecule has 0 aliphatic carbocycles. The molecule has 0 radical (unpaired) electrons. The number of nitrogens with zero attached hydrogens (tertiary/aromatic N) is 4. The number of ether oxygens (including phenoxy) is 2. The van der Waals surface area contributed by atoms with Gasteiger partial charge in [-0.25, -0.2) is 15.1 Å². The van der Waals surface area contributed by atoms with E-state index in [0.717, 1.165) is 5.56 Å². The van der Waals surface area contributed by atoms with Crippen LogP contribution in [-0.4, -0.2) is 50.6 Å². The molecular weight excluding hydrogens is 459 g/mol. The van der Waals surface area contributed by atoms with Crippen molar-refractivity contribution in [1.29, 1.82) is 0 Å². The number of fused-ring (bicyclic) bond motifs is 1. The van der Waals surface area contributed by atoms with Gasteiger partial charge in [0.15, 0.2) is 5.65 Å². The topological polar surface area (TPSA) is 143 Å². The van der Waals surface area contributed by atoms with Gasteiger partial charge in [-0.2, -0.15) is 4.98 Å². The standard InChI is InChI=1S/C22H31N6O5P/c1-5-32-20(29)22(3,4)27-34(30,33-13-17-9-7-6-8-10-17)15-31-12-11-28-14-24-18-16(2)25-21(23)26-19(18)28/h6-10,14H,5,11-13,15H2,1-4H3,(H,27,30)(H2,23,25,26). The van der Waals surface area contributed by atoms with Crippen LogP contribution in [0.5, 0.6) is 0 Å². The number of rotatable bonds is 12. The van der Waals surface area contributed by atoms with Gasteiger partial charge < -0.3 is 24.3 Å². The van der Waals surface area contributed by atoms with Crippen LogP contribution in [0.3, 0.4) is 0 Å². The Balaban J connectivity index is 1.67. The number of benzene rings is 1. The first-order chi connectivity index (χ1) is 16.1. The number of nitrogens with two attached hydrogens (primary N) is 1. The number of aryl methyl sites for hydroxylation is 1. The second-order valence-corrected chi connectivity index (χ2v) is 10.3. The van der Waals surface area contributed by atoms with Gasteiger partial charge in [-0.05, 0) is 33.3 Å². The highest BCUT2D eigenvalue weighted by Gasteiger charge is 2.38. The summed E-state index contributed by atoms with van der Waals surface area (Å²) in [6.07, 6.45) is 1.38. The fourth-order valence-corrected chi connectivity index (χ4v) is 5.13. The van der Waals surface area contributed by atoms with Crippen LogP contribution >= 0.6 is 7.52 Å². The SMILES string of the molecule is CCOC(=O)C(C)(C)NP(=O)(COCCn1cnc2c(C)nc(N)nc21)OCc1ccccc1. The molecular formula is C22H31N6O5P. The van der Waals surface area contributed by atoms with Gasteiger partial charge in [-0.3, -0.25) is 9.36 Å². The second-order valence-electron chi connectivity index (χ2n) is 8.20. The van der Waals surface area contributed by atoms with Gasteiger partial charge >= 0.3 is 5.97 Å². The zero-order valence-corrected chi connectivity index (χ0v) is 20.7. The molecule has 11 nitrogen and oxygen atoms in total. The molecule has 1 aromatic carbocycles. The maximum Gasteiger partial charge on any atom is 0.326 e. The first-order valence-electron chi connectivity index (χ1n) is 10.9. The lowest BCUT2D eigenvalue weighted by atomic mass is 10.1. The normalized spacial score (nSPS) is 13.6. The van der Waals surface area contributed by atoms with Crippen LogP contribution in [0.4, 0.5) is 5.95 Å². The molecule has 0 amide bonds. The first-order valence-corrected chi connectivity index (χ1v) is 12.7. The molecule has 2 heterocycles. The summed E-state index contributed by atoms with van der Waals surface area (Å²) in [5.74, 6) is -0.368. The van der Waals surface area contributed by atoms with E-state index in [1.807, 2.05) is 37.3 Å². The zero-order chi connectivity index (χ0) is 24.8. The summed E-state index contributed by atoms with van der Waals surface area (Å²) < 4.78 is 32.0. The van der Waals surface area contributed by atoms with E-state index in [1.54, 1.807) is 31.7 Å². The molecule has 184 valence electrons. The molecule has 0 bridgehead atoms. The monoisotopic (exact) mass is 490 g/mol. The molecule has 0 fully saturated rings. The van der Waals surface area contributed by atoms with E-state index in [2.05, 4.69) is 20.0 Å². The van der Waals surface area contributed by atoms with Crippen LogP contribution in [0, 0.1) is 6.92 Å². The Bertz CT molecular complexity index is 1170.